The number of ether oxygens (including phenoxy) is 2. The average Bonchev–Trinajstić information content (AvgIpc) is 2.76. The van der Waals surface area contributed by atoms with Gasteiger partial charge in [-0.1, -0.05) is 11.6 Å². The summed E-state index contributed by atoms with van der Waals surface area (Å²) in [5.41, 5.74) is -4.68. The Morgan fingerprint density at radius 2 is 1.72 bits per heavy atom. The number of pyridine rings is 1. The van der Waals surface area contributed by atoms with Crippen molar-refractivity contribution in [2.45, 2.75) is 40.2 Å². The lowest BCUT2D eigenvalue weighted by molar-refractivity contribution is 0.0523. The van der Waals surface area contributed by atoms with Crippen molar-refractivity contribution in [1.29, 1.82) is 0 Å². The number of fused-ring (bicyclic) bond motifs is 1. The second kappa shape index (κ2) is 9.81. The number of hydrogen-bond acceptors (Lipinski definition) is 5. The Kier molecular flexibility index (Phi) is 7.35. The van der Waals surface area contributed by atoms with Crippen LogP contribution in [0.25, 0.3) is 16.6 Å². The Labute approximate surface area is 207 Å². The van der Waals surface area contributed by atoms with E-state index in [1.165, 1.54) is 6.92 Å². The molecule has 0 spiro atoms. The first-order chi connectivity index (χ1) is 16.7. The highest BCUT2D eigenvalue weighted by Crippen LogP contribution is 2.34. The molecule has 12 heteroatoms. The van der Waals surface area contributed by atoms with Crippen molar-refractivity contribution in [1.82, 2.24) is 4.57 Å². The van der Waals surface area contributed by atoms with Crippen LogP contribution in [0.4, 0.5) is 28.0 Å². The number of esters is 1. The summed E-state index contributed by atoms with van der Waals surface area (Å²) < 4.78 is 69.3. The molecule has 1 heterocycles. The van der Waals surface area contributed by atoms with Crippen molar-refractivity contribution in [3.05, 3.63) is 68.0 Å². The van der Waals surface area contributed by atoms with Crippen LogP contribution >= 0.6 is 11.6 Å². The Bertz CT molecular complexity index is 1460. The lowest BCUT2D eigenvalue weighted by atomic mass is 10.0. The van der Waals surface area contributed by atoms with E-state index in [0.29, 0.717) is 6.07 Å². The summed E-state index contributed by atoms with van der Waals surface area (Å²) in [7, 11) is 0. The number of anilines is 1. The summed E-state index contributed by atoms with van der Waals surface area (Å²) >= 11 is 6.03. The lowest BCUT2D eigenvalue weighted by Crippen LogP contribution is -2.27. The summed E-state index contributed by atoms with van der Waals surface area (Å²) in [6.07, 6.45) is -0.239. The molecule has 0 fully saturated rings. The second-order valence-corrected chi connectivity index (χ2v) is 9.04. The number of benzene rings is 2. The number of carbonyl (C=O) groups is 2. The van der Waals surface area contributed by atoms with Gasteiger partial charge in [-0.25, -0.2) is 27.2 Å². The van der Waals surface area contributed by atoms with Crippen LogP contribution in [0.5, 0.6) is 0 Å². The van der Waals surface area contributed by atoms with E-state index in [-0.39, 0.29) is 6.61 Å². The largest absolute Gasteiger partial charge is 0.462 e. The molecule has 0 aliphatic carbocycles. The number of nitrogens with zero attached hydrogens (tertiary/aromatic N) is 1. The fraction of sp³-hybridized carbons (Fsp3) is 0.292. The zero-order valence-electron chi connectivity index (χ0n) is 19.8. The molecule has 2 aromatic carbocycles. The van der Waals surface area contributed by atoms with Crippen LogP contribution in [-0.4, -0.2) is 28.8 Å². The van der Waals surface area contributed by atoms with Gasteiger partial charge in [0.25, 0.3) is 0 Å². The molecule has 0 saturated carbocycles. The molecule has 0 saturated heterocycles. The van der Waals surface area contributed by atoms with Crippen LogP contribution in [0.15, 0.2) is 23.1 Å². The molecule has 192 valence electrons. The van der Waals surface area contributed by atoms with Crippen molar-refractivity contribution >= 4 is 40.3 Å². The number of rotatable bonds is 4. The van der Waals surface area contributed by atoms with Crippen molar-refractivity contribution < 1.29 is 36.6 Å². The summed E-state index contributed by atoms with van der Waals surface area (Å²) in [5, 5.41) is 0.729. The minimum absolute atomic E-state index is 0.122. The Hall–Kier alpha value is -3.60. The van der Waals surface area contributed by atoms with Gasteiger partial charge < -0.3 is 14.0 Å². The van der Waals surface area contributed by atoms with Gasteiger partial charge in [0, 0.05) is 17.8 Å². The van der Waals surface area contributed by atoms with Crippen molar-refractivity contribution in [2.24, 2.45) is 0 Å². The normalized spacial score (nSPS) is 11.5. The Morgan fingerprint density at radius 3 is 2.31 bits per heavy atom. The quantitative estimate of drug-likeness (QED) is 0.254. The molecule has 36 heavy (non-hydrogen) atoms. The number of amides is 1. The third kappa shape index (κ3) is 5.01. The lowest BCUT2D eigenvalue weighted by Gasteiger charge is -2.21. The Balaban J connectivity index is 2.39. The van der Waals surface area contributed by atoms with E-state index < -0.39 is 84.8 Å². The molecule has 0 atom stereocenters. The van der Waals surface area contributed by atoms with E-state index in [9.17, 15) is 27.6 Å². The van der Waals surface area contributed by atoms with E-state index in [4.69, 9.17) is 21.1 Å². The molecule has 1 amide bonds. The van der Waals surface area contributed by atoms with Gasteiger partial charge in [0.1, 0.15) is 27.8 Å². The molecular formula is C24H21ClF4N2O5. The highest BCUT2D eigenvalue weighted by molar-refractivity contribution is 6.35. The highest BCUT2D eigenvalue weighted by Gasteiger charge is 2.27. The van der Waals surface area contributed by atoms with Gasteiger partial charge >= 0.3 is 12.1 Å². The van der Waals surface area contributed by atoms with Gasteiger partial charge in [-0.15, -0.1) is 0 Å². The summed E-state index contributed by atoms with van der Waals surface area (Å²) in [6, 6.07) is 1.23. The molecule has 0 bridgehead atoms. The van der Waals surface area contributed by atoms with Crippen LogP contribution in [0, 0.1) is 30.2 Å². The number of aryl methyl sites for hydroxylation is 1. The third-order valence-electron chi connectivity index (χ3n) is 4.93. The molecule has 3 rings (SSSR count). The average molecular weight is 529 g/mol. The maximum atomic E-state index is 15.0. The first kappa shape index (κ1) is 27.0. The monoisotopic (exact) mass is 528 g/mol. The first-order valence-corrected chi connectivity index (χ1v) is 10.9. The molecular weight excluding hydrogens is 508 g/mol. The first-order valence-electron chi connectivity index (χ1n) is 10.6. The van der Waals surface area contributed by atoms with E-state index in [2.05, 4.69) is 5.32 Å². The highest BCUT2D eigenvalue weighted by atomic mass is 35.5. The van der Waals surface area contributed by atoms with Gasteiger partial charge in [0.2, 0.25) is 5.43 Å². The summed E-state index contributed by atoms with van der Waals surface area (Å²) in [5.74, 6) is -6.50. The fourth-order valence-electron chi connectivity index (χ4n) is 3.43. The van der Waals surface area contributed by atoms with Crippen LogP contribution in [0.3, 0.4) is 0 Å². The van der Waals surface area contributed by atoms with E-state index in [1.807, 2.05) is 0 Å². The minimum Gasteiger partial charge on any atom is -0.462 e. The van der Waals surface area contributed by atoms with Gasteiger partial charge in [-0.3, -0.25) is 10.1 Å². The summed E-state index contributed by atoms with van der Waals surface area (Å²) in [6.45, 7) is 7.14. The molecule has 1 N–H and O–H groups in total. The van der Waals surface area contributed by atoms with Crippen LogP contribution in [0.1, 0.15) is 43.6 Å². The van der Waals surface area contributed by atoms with Gasteiger partial charge in [0.05, 0.1) is 28.9 Å². The smallest absolute Gasteiger partial charge is 0.412 e. The second-order valence-electron chi connectivity index (χ2n) is 8.66. The predicted octanol–water partition coefficient (Wildman–Crippen LogP) is 6.03. The molecule has 3 aromatic rings. The molecule has 0 aliphatic heterocycles. The van der Waals surface area contributed by atoms with Gasteiger partial charge in [0.15, 0.2) is 11.6 Å². The maximum absolute atomic E-state index is 15.0. The Morgan fingerprint density at radius 1 is 1.08 bits per heavy atom. The van der Waals surface area contributed by atoms with Crippen LogP contribution < -0.4 is 10.7 Å². The molecule has 0 aliphatic rings. The van der Waals surface area contributed by atoms with Gasteiger partial charge in [-0.05, 0) is 40.7 Å². The maximum Gasteiger partial charge on any atom is 0.412 e. The zero-order valence-corrected chi connectivity index (χ0v) is 20.6. The van der Waals surface area contributed by atoms with Crippen LogP contribution in [0.2, 0.25) is 5.02 Å². The van der Waals surface area contributed by atoms with Crippen molar-refractivity contribution in [3.63, 3.8) is 0 Å². The number of halogens is 5. The topological polar surface area (TPSA) is 86.6 Å². The molecule has 0 unspecified atom stereocenters. The number of carbonyl (C=O) groups excluding carboxylic acids is 2. The number of hydrogen-bond donors (Lipinski definition) is 1. The third-order valence-corrected chi connectivity index (χ3v) is 5.28. The minimum atomic E-state index is -1.52. The molecule has 1 aromatic heterocycles. The predicted molar refractivity (Wildman–Crippen MR) is 125 cm³/mol. The number of nitrogens with one attached hydrogen (secondary N) is 1. The zero-order chi connectivity index (χ0) is 27.1. The van der Waals surface area contributed by atoms with Crippen molar-refractivity contribution in [3.8, 4) is 5.69 Å². The van der Waals surface area contributed by atoms with Crippen LogP contribution in [-0.2, 0) is 9.47 Å². The molecule has 7 nitrogen and oxygen atoms in total. The number of aromatic nitrogens is 1. The van der Waals surface area contributed by atoms with Gasteiger partial charge in [-0.2, -0.15) is 0 Å². The van der Waals surface area contributed by atoms with E-state index >= 15 is 4.39 Å². The van der Waals surface area contributed by atoms with Crippen molar-refractivity contribution in [2.75, 3.05) is 11.9 Å². The standard InChI is InChI=1S/C24H21ClF4N2O5/c1-6-35-22(33)11-9-31(20-16(21(11)32)10(2)18(28)19(29)17(20)25)15-8-14(12(26)7-13(15)27)30-23(34)36-24(3,4)5/h7-9H,6H2,1-5H3,(H,30,34). The summed E-state index contributed by atoms with van der Waals surface area (Å²) in [4.78, 5) is 37.7. The van der Waals surface area contributed by atoms with E-state index in [0.717, 1.165) is 23.8 Å². The van der Waals surface area contributed by atoms with E-state index in [1.54, 1.807) is 20.8 Å². The molecule has 0 radical (unpaired) electrons. The fourth-order valence-corrected chi connectivity index (χ4v) is 3.70. The SMILES string of the molecule is CCOC(=O)c1cn(-c2cc(NC(=O)OC(C)(C)C)c(F)cc2F)c2c(Cl)c(F)c(F)c(C)c2c1=O.